The normalized spacial score (nSPS) is 18.3. The first kappa shape index (κ1) is 16.0. The molecule has 1 atom stereocenters. The predicted octanol–water partition coefficient (Wildman–Crippen LogP) is 3.56. The summed E-state index contributed by atoms with van der Waals surface area (Å²) in [5.41, 5.74) is 4.08. The highest BCUT2D eigenvalue weighted by molar-refractivity contribution is 7.11. The molecule has 128 valence electrons. The van der Waals surface area contributed by atoms with Gasteiger partial charge < -0.3 is 4.90 Å². The number of pyridine rings is 1. The fourth-order valence-corrected chi connectivity index (χ4v) is 4.90. The highest BCUT2D eigenvalue weighted by Crippen LogP contribution is 2.31. The van der Waals surface area contributed by atoms with Crippen LogP contribution in [-0.4, -0.2) is 33.5 Å². The number of nitrogens with zero attached hydrogens (tertiary/aromatic N) is 4. The third kappa shape index (κ3) is 2.84. The van der Waals surface area contributed by atoms with Crippen LogP contribution >= 0.6 is 11.3 Å². The van der Waals surface area contributed by atoms with Gasteiger partial charge in [0.1, 0.15) is 5.82 Å². The average molecular weight is 343 g/mol. The van der Waals surface area contributed by atoms with E-state index in [0.717, 1.165) is 32.5 Å². The minimum Gasteiger partial charge on any atom is -0.354 e. The molecule has 4 rings (SSSR count). The molecule has 0 fully saturated rings. The molecule has 5 heteroatoms. The summed E-state index contributed by atoms with van der Waals surface area (Å²) in [7, 11) is 0. The summed E-state index contributed by atoms with van der Waals surface area (Å²) in [6.07, 6.45) is 4.28. The molecule has 1 unspecified atom stereocenters. The van der Waals surface area contributed by atoms with Crippen molar-refractivity contribution < 1.29 is 0 Å². The lowest BCUT2D eigenvalue weighted by Crippen LogP contribution is -2.30. The van der Waals surface area contributed by atoms with E-state index in [2.05, 4.69) is 54.7 Å². The first-order chi connectivity index (χ1) is 11.5. The van der Waals surface area contributed by atoms with Crippen LogP contribution in [0.25, 0.3) is 0 Å². The minimum atomic E-state index is 0.522. The van der Waals surface area contributed by atoms with Crippen molar-refractivity contribution >= 4 is 17.2 Å². The van der Waals surface area contributed by atoms with Gasteiger partial charge in [0.15, 0.2) is 0 Å². The average Bonchev–Trinajstić information content (AvgIpc) is 3.18. The van der Waals surface area contributed by atoms with Gasteiger partial charge >= 0.3 is 0 Å². The third-order valence-corrected chi connectivity index (χ3v) is 6.25. The van der Waals surface area contributed by atoms with Crippen molar-refractivity contribution in [1.82, 2.24) is 14.9 Å². The summed E-state index contributed by atoms with van der Waals surface area (Å²) in [6.45, 7) is 12.1. The van der Waals surface area contributed by atoms with E-state index in [9.17, 15) is 0 Å². The maximum absolute atomic E-state index is 4.78. The van der Waals surface area contributed by atoms with Gasteiger partial charge in [-0.1, -0.05) is 6.07 Å². The Morgan fingerprint density at radius 3 is 2.83 bits per heavy atom. The second-order valence-corrected chi connectivity index (χ2v) is 8.71. The molecule has 0 spiro atoms. The maximum Gasteiger partial charge on any atom is 0.132 e. The molecule has 2 aliphatic heterocycles. The SMILES string of the molecule is Cc1nc2c(s1)CN(C(C)Cc1cnc3c(c1)CCN3C(C)C)C2. The second-order valence-electron chi connectivity index (χ2n) is 7.42. The third-order valence-electron chi connectivity index (χ3n) is 5.26. The number of hydrogen-bond donors (Lipinski definition) is 0. The van der Waals surface area contributed by atoms with Gasteiger partial charge in [0.25, 0.3) is 0 Å². The van der Waals surface area contributed by atoms with E-state index in [1.807, 2.05) is 11.3 Å². The van der Waals surface area contributed by atoms with Gasteiger partial charge in [-0.05, 0) is 51.7 Å². The molecule has 0 bridgehead atoms. The Morgan fingerprint density at radius 1 is 1.25 bits per heavy atom. The van der Waals surface area contributed by atoms with Crippen molar-refractivity contribution in [2.45, 2.75) is 65.7 Å². The van der Waals surface area contributed by atoms with Crippen molar-refractivity contribution in [3.05, 3.63) is 39.0 Å². The predicted molar refractivity (Wildman–Crippen MR) is 99.7 cm³/mol. The molecule has 0 aliphatic carbocycles. The number of aromatic nitrogens is 2. The van der Waals surface area contributed by atoms with E-state index in [-0.39, 0.29) is 0 Å². The minimum absolute atomic E-state index is 0.522. The van der Waals surface area contributed by atoms with E-state index in [1.54, 1.807) is 0 Å². The van der Waals surface area contributed by atoms with Crippen molar-refractivity contribution in [2.75, 3.05) is 11.4 Å². The Hall–Kier alpha value is -1.46. The first-order valence-electron chi connectivity index (χ1n) is 8.95. The molecular formula is C19H26N4S. The van der Waals surface area contributed by atoms with Crippen LogP contribution in [0.3, 0.4) is 0 Å². The largest absolute Gasteiger partial charge is 0.354 e. The Balaban J connectivity index is 1.44. The summed E-state index contributed by atoms with van der Waals surface area (Å²) < 4.78 is 0. The lowest BCUT2D eigenvalue weighted by molar-refractivity contribution is 0.211. The first-order valence-corrected chi connectivity index (χ1v) is 9.76. The van der Waals surface area contributed by atoms with Crippen molar-refractivity contribution in [3.8, 4) is 0 Å². The van der Waals surface area contributed by atoms with Gasteiger partial charge in [-0.25, -0.2) is 9.97 Å². The zero-order chi connectivity index (χ0) is 16.8. The number of fused-ring (bicyclic) bond motifs is 2. The molecular weight excluding hydrogens is 316 g/mol. The molecule has 0 N–H and O–H groups in total. The molecule has 24 heavy (non-hydrogen) atoms. The van der Waals surface area contributed by atoms with E-state index >= 15 is 0 Å². The van der Waals surface area contributed by atoms with Crippen molar-refractivity contribution in [3.63, 3.8) is 0 Å². The summed E-state index contributed by atoms with van der Waals surface area (Å²) in [5.74, 6) is 1.20. The van der Waals surface area contributed by atoms with Gasteiger partial charge in [0, 0.05) is 42.8 Å². The highest BCUT2D eigenvalue weighted by Gasteiger charge is 2.27. The summed E-state index contributed by atoms with van der Waals surface area (Å²) in [4.78, 5) is 15.9. The van der Waals surface area contributed by atoms with Gasteiger partial charge in [-0.3, -0.25) is 4.90 Å². The second kappa shape index (κ2) is 6.12. The Bertz CT molecular complexity index is 728. The molecule has 0 saturated carbocycles. The molecule has 0 amide bonds. The van der Waals surface area contributed by atoms with Crippen LogP contribution in [0.4, 0.5) is 5.82 Å². The Kier molecular flexibility index (Phi) is 4.09. The monoisotopic (exact) mass is 342 g/mol. The fourth-order valence-electron chi connectivity index (χ4n) is 3.93. The quantitative estimate of drug-likeness (QED) is 0.850. The number of thiazole rings is 1. The maximum atomic E-state index is 4.78. The number of hydrogen-bond acceptors (Lipinski definition) is 5. The molecule has 0 aromatic carbocycles. The highest BCUT2D eigenvalue weighted by atomic mass is 32.1. The van der Waals surface area contributed by atoms with Crippen LogP contribution < -0.4 is 4.90 Å². The van der Waals surface area contributed by atoms with Crippen LogP contribution in [0.1, 0.15) is 47.5 Å². The van der Waals surface area contributed by atoms with Crippen molar-refractivity contribution in [1.29, 1.82) is 0 Å². The smallest absolute Gasteiger partial charge is 0.132 e. The van der Waals surface area contributed by atoms with Gasteiger partial charge in [-0.2, -0.15) is 0 Å². The van der Waals surface area contributed by atoms with E-state index in [1.165, 1.54) is 32.5 Å². The standard InChI is InChI=1S/C19H26N4S/c1-12(2)23-6-5-16-8-15(9-20-19(16)23)7-13(3)22-10-17-18(11-22)24-14(4)21-17/h8-9,12-13H,5-7,10-11H2,1-4H3. The van der Waals surface area contributed by atoms with Gasteiger partial charge in [-0.15, -0.1) is 11.3 Å². The van der Waals surface area contributed by atoms with E-state index < -0.39 is 0 Å². The Labute approximate surface area is 148 Å². The van der Waals surface area contributed by atoms with Crippen LogP contribution in [-0.2, 0) is 25.9 Å². The van der Waals surface area contributed by atoms with Crippen LogP contribution in [0.15, 0.2) is 12.3 Å². The van der Waals surface area contributed by atoms with E-state index in [4.69, 9.17) is 4.98 Å². The molecule has 2 aromatic rings. The van der Waals surface area contributed by atoms with Gasteiger partial charge in [0.05, 0.1) is 10.7 Å². The van der Waals surface area contributed by atoms with Crippen LogP contribution in [0.2, 0.25) is 0 Å². The number of anilines is 1. The molecule has 2 aromatic heterocycles. The van der Waals surface area contributed by atoms with Crippen LogP contribution in [0.5, 0.6) is 0 Å². The van der Waals surface area contributed by atoms with Gasteiger partial charge in [0.2, 0.25) is 0 Å². The summed E-state index contributed by atoms with van der Waals surface area (Å²) in [5, 5.41) is 1.20. The molecule has 4 nitrogen and oxygen atoms in total. The molecule has 2 aliphatic rings. The lowest BCUT2D eigenvalue weighted by Gasteiger charge is -2.25. The fraction of sp³-hybridized carbons (Fsp3) is 0.579. The zero-order valence-electron chi connectivity index (χ0n) is 15.0. The molecule has 0 saturated heterocycles. The summed E-state index contributed by atoms with van der Waals surface area (Å²) in [6, 6.07) is 3.44. The van der Waals surface area contributed by atoms with Crippen LogP contribution in [0, 0.1) is 6.92 Å². The number of aryl methyl sites for hydroxylation is 1. The topological polar surface area (TPSA) is 32.3 Å². The molecule has 0 radical (unpaired) electrons. The molecule has 4 heterocycles. The number of rotatable bonds is 4. The zero-order valence-corrected chi connectivity index (χ0v) is 15.9. The van der Waals surface area contributed by atoms with E-state index in [0.29, 0.717) is 12.1 Å². The van der Waals surface area contributed by atoms with Crippen molar-refractivity contribution in [2.24, 2.45) is 0 Å². The summed E-state index contributed by atoms with van der Waals surface area (Å²) >= 11 is 1.85. The lowest BCUT2D eigenvalue weighted by atomic mass is 10.1. The Morgan fingerprint density at radius 2 is 2.08 bits per heavy atom.